The number of amides is 1. The number of hydrogen-bond acceptors (Lipinski definition) is 5. The summed E-state index contributed by atoms with van der Waals surface area (Å²) in [4.78, 5) is 21.1. The predicted octanol–water partition coefficient (Wildman–Crippen LogP) is 1.39. The van der Waals surface area contributed by atoms with E-state index < -0.39 is 0 Å². The van der Waals surface area contributed by atoms with Crippen LogP contribution >= 0.6 is 0 Å². The topological polar surface area (TPSA) is 76.8 Å². The number of fused-ring (bicyclic) bond motifs is 1. The number of benzene rings is 1. The molecule has 0 fully saturated rings. The molecule has 0 spiro atoms. The molecule has 2 heterocycles. The molecule has 0 aliphatic rings. The van der Waals surface area contributed by atoms with Crippen LogP contribution < -0.4 is 4.90 Å². The molecule has 0 radical (unpaired) electrons. The molecule has 0 unspecified atom stereocenters. The van der Waals surface area contributed by atoms with Gasteiger partial charge in [0.1, 0.15) is 12.1 Å². The Morgan fingerprint density at radius 3 is 2.82 bits per heavy atom. The molecule has 0 bridgehead atoms. The van der Waals surface area contributed by atoms with Crippen molar-refractivity contribution in [2.45, 2.75) is 13.5 Å². The SMILES string of the molecule is CC(=O)N(C)c1ncnc2c1nnn2Cc1ccccc1F. The maximum atomic E-state index is 13.7. The maximum absolute atomic E-state index is 13.7. The van der Waals surface area contributed by atoms with Crippen LogP contribution in [0.5, 0.6) is 0 Å². The minimum atomic E-state index is -0.318. The summed E-state index contributed by atoms with van der Waals surface area (Å²) < 4.78 is 15.2. The lowest BCUT2D eigenvalue weighted by Gasteiger charge is -2.13. The van der Waals surface area contributed by atoms with Crippen LogP contribution in [0.3, 0.4) is 0 Å². The highest BCUT2D eigenvalue weighted by atomic mass is 19.1. The molecule has 3 rings (SSSR count). The number of carbonyl (C=O) groups excluding carboxylic acids is 1. The second kappa shape index (κ2) is 5.47. The van der Waals surface area contributed by atoms with Crippen LogP contribution in [0.2, 0.25) is 0 Å². The van der Waals surface area contributed by atoms with Crippen molar-refractivity contribution in [2.75, 3.05) is 11.9 Å². The van der Waals surface area contributed by atoms with Crippen LogP contribution in [0.1, 0.15) is 12.5 Å². The Morgan fingerprint density at radius 1 is 1.32 bits per heavy atom. The zero-order chi connectivity index (χ0) is 15.7. The summed E-state index contributed by atoms with van der Waals surface area (Å²) in [5.74, 6) is -0.123. The average molecular weight is 300 g/mol. The van der Waals surface area contributed by atoms with Crippen LogP contribution in [0.4, 0.5) is 10.2 Å². The van der Waals surface area contributed by atoms with Gasteiger partial charge in [0.15, 0.2) is 17.0 Å². The molecule has 7 nitrogen and oxygen atoms in total. The number of hydrogen-bond donors (Lipinski definition) is 0. The molecular weight excluding hydrogens is 287 g/mol. The first kappa shape index (κ1) is 14.1. The second-order valence-corrected chi connectivity index (χ2v) is 4.79. The highest BCUT2D eigenvalue weighted by Crippen LogP contribution is 2.20. The Balaban J connectivity index is 2.05. The molecule has 1 aromatic carbocycles. The van der Waals surface area contributed by atoms with E-state index in [0.29, 0.717) is 22.5 Å². The Kier molecular flexibility index (Phi) is 3.50. The van der Waals surface area contributed by atoms with Crippen LogP contribution in [0, 0.1) is 5.82 Å². The number of carbonyl (C=O) groups is 1. The van der Waals surface area contributed by atoms with Crippen molar-refractivity contribution in [3.05, 3.63) is 42.0 Å². The molecule has 22 heavy (non-hydrogen) atoms. The zero-order valence-corrected chi connectivity index (χ0v) is 12.1. The molecule has 112 valence electrons. The zero-order valence-electron chi connectivity index (χ0n) is 12.1. The molecular formula is C14H13FN6O. The van der Waals surface area contributed by atoms with E-state index >= 15 is 0 Å². The van der Waals surface area contributed by atoms with Gasteiger partial charge in [-0.05, 0) is 6.07 Å². The molecule has 0 saturated heterocycles. The van der Waals surface area contributed by atoms with Crippen LogP contribution in [-0.2, 0) is 11.3 Å². The summed E-state index contributed by atoms with van der Waals surface area (Å²) in [6.45, 7) is 1.63. The van der Waals surface area contributed by atoms with Crippen molar-refractivity contribution < 1.29 is 9.18 Å². The van der Waals surface area contributed by atoms with Gasteiger partial charge in [-0.3, -0.25) is 9.69 Å². The van der Waals surface area contributed by atoms with Crippen molar-refractivity contribution in [3.8, 4) is 0 Å². The van der Waals surface area contributed by atoms with E-state index in [-0.39, 0.29) is 18.3 Å². The van der Waals surface area contributed by atoms with Gasteiger partial charge >= 0.3 is 0 Å². The number of halogens is 1. The number of nitrogens with zero attached hydrogens (tertiary/aromatic N) is 6. The van der Waals surface area contributed by atoms with Crippen molar-refractivity contribution in [3.63, 3.8) is 0 Å². The van der Waals surface area contributed by atoms with Gasteiger partial charge in [0, 0.05) is 19.5 Å². The Bertz CT molecular complexity index is 846. The number of rotatable bonds is 3. The standard InChI is InChI=1S/C14H13FN6O/c1-9(22)20(2)13-12-14(17-8-16-13)21(19-18-12)7-10-5-3-4-6-11(10)15/h3-6,8H,7H2,1-2H3. The quantitative estimate of drug-likeness (QED) is 0.730. The highest BCUT2D eigenvalue weighted by molar-refractivity contribution is 5.96. The van der Waals surface area contributed by atoms with Crippen LogP contribution in [0.15, 0.2) is 30.6 Å². The van der Waals surface area contributed by atoms with Gasteiger partial charge in [0.05, 0.1) is 6.54 Å². The van der Waals surface area contributed by atoms with Crippen molar-refractivity contribution in [1.29, 1.82) is 0 Å². The van der Waals surface area contributed by atoms with E-state index in [1.807, 2.05) is 0 Å². The smallest absolute Gasteiger partial charge is 0.224 e. The summed E-state index contributed by atoms with van der Waals surface area (Å²) in [6.07, 6.45) is 1.33. The largest absolute Gasteiger partial charge is 0.298 e. The summed E-state index contributed by atoms with van der Waals surface area (Å²) in [5, 5.41) is 8.01. The minimum Gasteiger partial charge on any atom is -0.298 e. The third kappa shape index (κ3) is 2.39. The van der Waals surface area contributed by atoms with Gasteiger partial charge in [0.2, 0.25) is 5.91 Å². The first-order chi connectivity index (χ1) is 10.6. The average Bonchev–Trinajstić information content (AvgIpc) is 2.92. The Labute approximate surface area is 125 Å². The van der Waals surface area contributed by atoms with Gasteiger partial charge in [-0.15, -0.1) is 5.10 Å². The minimum absolute atomic E-state index is 0.177. The highest BCUT2D eigenvalue weighted by Gasteiger charge is 2.17. The molecule has 0 aliphatic heterocycles. The summed E-state index contributed by atoms with van der Waals surface area (Å²) >= 11 is 0. The van der Waals surface area contributed by atoms with E-state index in [9.17, 15) is 9.18 Å². The third-order valence-electron chi connectivity index (χ3n) is 3.35. The van der Waals surface area contributed by atoms with E-state index in [1.54, 1.807) is 25.2 Å². The fourth-order valence-electron chi connectivity index (χ4n) is 2.07. The number of aromatic nitrogens is 5. The normalized spacial score (nSPS) is 10.9. The molecule has 2 aromatic heterocycles. The van der Waals surface area contributed by atoms with Crippen LogP contribution in [0.25, 0.3) is 11.2 Å². The molecule has 0 saturated carbocycles. The Morgan fingerprint density at radius 2 is 2.09 bits per heavy atom. The molecule has 8 heteroatoms. The fourth-order valence-corrected chi connectivity index (χ4v) is 2.07. The van der Waals surface area contributed by atoms with Gasteiger partial charge in [0.25, 0.3) is 0 Å². The van der Waals surface area contributed by atoms with Gasteiger partial charge in [-0.25, -0.2) is 19.0 Å². The fraction of sp³-hybridized carbons (Fsp3) is 0.214. The van der Waals surface area contributed by atoms with E-state index in [1.165, 1.54) is 28.9 Å². The monoisotopic (exact) mass is 300 g/mol. The molecule has 3 aromatic rings. The van der Waals surface area contributed by atoms with E-state index in [4.69, 9.17) is 0 Å². The predicted molar refractivity (Wildman–Crippen MR) is 77.7 cm³/mol. The van der Waals surface area contributed by atoms with E-state index in [0.717, 1.165) is 0 Å². The number of anilines is 1. The lowest BCUT2D eigenvalue weighted by molar-refractivity contribution is -0.116. The van der Waals surface area contributed by atoms with Crippen molar-refractivity contribution >= 4 is 22.9 Å². The summed E-state index contributed by atoms with van der Waals surface area (Å²) in [7, 11) is 1.60. The van der Waals surface area contributed by atoms with Crippen molar-refractivity contribution in [1.82, 2.24) is 25.0 Å². The first-order valence-corrected chi connectivity index (χ1v) is 6.60. The summed E-state index contributed by atoms with van der Waals surface area (Å²) in [5.41, 5.74) is 1.33. The maximum Gasteiger partial charge on any atom is 0.224 e. The van der Waals surface area contributed by atoms with E-state index in [2.05, 4.69) is 20.3 Å². The first-order valence-electron chi connectivity index (χ1n) is 6.60. The molecule has 1 amide bonds. The lowest BCUT2D eigenvalue weighted by atomic mass is 10.2. The van der Waals surface area contributed by atoms with Gasteiger partial charge in [-0.1, -0.05) is 23.4 Å². The molecule has 0 atom stereocenters. The lowest BCUT2D eigenvalue weighted by Crippen LogP contribution is -2.24. The van der Waals surface area contributed by atoms with Crippen LogP contribution in [-0.4, -0.2) is 37.9 Å². The second-order valence-electron chi connectivity index (χ2n) is 4.79. The summed E-state index contributed by atoms with van der Waals surface area (Å²) in [6, 6.07) is 6.44. The third-order valence-corrected chi connectivity index (χ3v) is 3.35. The van der Waals surface area contributed by atoms with Crippen molar-refractivity contribution in [2.24, 2.45) is 0 Å². The van der Waals surface area contributed by atoms with Gasteiger partial charge < -0.3 is 0 Å². The molecule has 0 N–H and O–H groups in total. The van der Waals surface area contributed by atoms with Gasteiger partial charge in [-0.2, -0.15) is 0 Å². The molecule has 0 aliphatic carbocycles. The Hall–Kier alpha value is -2.90.